The molecule has 0 amide bonds. The molecule has 1 aromatic heterocycles. The highest BCUT2D eigenvalue weighted by molar-refractivity contribution is 7.19. The Labute approximate surface area is 129 Å². The minimum absolute atomic E-state index is 0.273. The Morgan fingerprint density at radius 3 is 2.67 bits per heavy atom. The average molecular weight is 297 g/mol. The van der Waals surface area contributed by atoms with Gasteiger partial charge in [-0.1, -0.05) is 24.3 Å². The summed E-state index contributed by atoms with van der Waals surface area (Å²) in [7, 11) is 1.69. The number of anilines is 1. The van der Waals surface area contributed by atoms with Crippen LogP contribution in [-0.2, 0) is 0 Å². The predicted molar refractivity (Wildman–Crippen MR) is 91.6 cm³/mol. The first kappa shape index (κ1) is 14.0. The van der Waals surface area contributed by atoms with E-state index in [1.54, 1.807) is 7.11 Å². The van der Waals surface area contributed by atoms with Gasteiger partial charge >= 0.3 is 0 Å². The monoisotopic (exact) mass is 297 g/mol. The van der Waals surface area contributed by atoms with Crippen LogP contribution < -0.4 is 10.1 Å². The number of rotatable bonds is 4. The molecule has 0 saturated carbocycles. The second-order valence-corrected chi connectivity index (χ2v) is 6.27. The van der Waals surface area contributed by atoms with E-state index in [2.05, 4.69) is 49.5 Å². The van der Waals surface area contributed by atoms with Crippen molar-refractivity contribution in [2.75, 3.05) is 12.4 Å². The summed E-state index contributed by atoms with van der Waals surface area (Å²) in [5, 5.41) is 4.92. The molecule has 21 heavy (non-hydrogen) atoms. The van der Waals surface area contributed by atoms with Crippen LogP contribution in [0.15, 0.2) is 48.5 Å². The van der Waals surface area contributed by atoms with Crippen molar-refractivity contribution in [3.05, 3.63) is 59.0 Å². The smallest absolute Gasteiger partial charge is 0.120 e. The van der Waals surface area contributed by atoms with Crippen molar-refractivity contribution in [3.8, 4) is 5.75 Å². The van der Waals surface area contributed by atoms with Crippen molar-refractivity contribution in [1.29, 1.82) is 0 Å². The van der Waals surface area contributed by atoms with E-state index in [9.17, 15) is 0 Å². The van der Waals surface area contributed by atoms with Gasteiger partial charge in [0.05, 0.1) is 13.2 Å². The fourth-order valence-electron chi connectivity index (χ4n) is 2.63. The molecule has 0 fully saturated rings. The number of hydrogen-bond acceptors (Lipinski definition) is 3. The molecule has 3 heteroatoms. The van der Waals surface area contributed by atoms with Gasteiger partial charge < -0.3 is 10.1 Å². The summed E-state index contributed by atoms with van der Waals surface area (Å²) in [6.45, 7) is 4.41. The van der Waals surface area contributed by atoms with Crippen LogP contribution in [0.5, 0.6) is 5.75 Å². The van der Waals surface area contributed by atoms with Gasteiger partial charge in [0.15, 0.2) is 0 Å². The van der Waals surface area contributed by atoms with E-state index in [1.807, 2.05) is 29.5 Å². The van der Waals surface area contributed by atoms with Gasteiger partial charge in [0.25, 0.3) is 0 Å². The molecule has 1 atom stereocenters. The maximum Gasteiger partial charge on any atom is 0.120 e. The summed E-state index contributed by atoms with van der Waals surface area (Å²) in [6, 6.07) is 16.9. The highest BCUT2D eigenvalue weighted by Gasteiger charge is 2.14. The van der Waals surface area contributed by atoms with E-state index in [0.29, 0.717) is 0 Å². The average Bonchev–Trinajstić information content (AvgIpc) is 2.85. The topological polar surface area (TPSA) is 21.3 Å². The van der Waals surface area contributed by atoms with Gasteiger partial charge in [-0.3, -0.25) is 0 Å². The number of aryl methyl sites for hydroxylation is 1. The minimum Gasteiger partial charge on any atom is -0.497 e. The standard InChI is InChI=1S/C18H19NOS/c1-12-16-9-4-5-10-17(16)21-18(12)13(2)19-14-7-6-8-15(11-14)20-3/h4-11,13,19H,1-3H3. The van der Waals surface area contributed by atoms with Crippen LogP contribution in [0.1, 0.15) is 23.4 Å². The van der Waals surface area contributed by atoms with Crippen molar-refractivity contribution in [3.63, 3.8) is 0 Å². The largest absolute Gasteiger partial charge is 0.497 e. The summed E-state index contributed by atoms with van der Waals surface area (Å²) < 4.78 is 6.63. The summed E-state index contributed by atoms with van der Waals surface area (Å²) in [5.41, 5.74) is 2.46. The Bertz CT molecular complexity index is 763. The summed E-state index contributed by atoms with van der Waals surface area (Å²) in [6.07, 6.45) is 0. The fourth-order valence-corrected chi connectivity index (χ4v) is 3.85. The van der Waals surface area contributed by atoms with Crippen molar-refractivity contribution in [2.24, 2.45) is 0 Å². The van der Waals surface area contributed by atoms with E-state index in [1.165, 1.54) is 20.5 Å². The minimum atomic E-state index is 0.273. The van der Waals surface area contributed by atoms with E-state index in [0.717, 1.165) is 11.4 Å². The van der Waals surface area contributed by atoms with E-state index >= 15 is 0 Å². The Kier molecular flexibility index (Phi) is 3.84. The number of fused-ring (bicyclic) bond motifs is 1. The highest BCUT2D eigenvalue weighted by Crippen LogP contribution is 2.36. The maximum absolute atomic E-state index is 5.28. The molecule has 0 aliphatic heterocycles. The van der Waals surface area contributed by atoms with Crippen molar-refractivity contribution < 1.29 is 4.74 Å². The Morgan fingerprint density at radius 2 is 1.90 bits per heavy atom. The zero-order valence-electron chi connectivity index (χ0n) is 12.5. The number of methoxy groups -OCH3 is 1. The second-order valence-electron chi connectivity index (χ2n) is 5.19. The molecule has 3 aromatic rings. The lowest BCUT2D eigenvalue weighted by Crippen LogP contribution is -2.06. The fraction of sp³-hybridized carbons (Fsp3) is 0.222. The normalized spacial score (nSPS) is 12.3. The molecule has 0 aliphatic rings. The molecule has 2 nitrogen and oxygen atoms in total. The van der Waals surface area contributed by atoms with E-state index < -0.39 is 0 Å². The van der Waals surface area contributed by atoms with Crippen LogP contribution in [0, 0.1) is 6.92 Å². The molecule has 0 spiro atoms. The summed E-state index contributed by atoms with van der Waals surface area (Å²) in [5.74, 6) is 0.875. The number of thiophene rings is 1. The zero-order chi connectivity index (χ0) is 14.8. The second kappa shape index (κ2) is 5.78. The number of hydrogen-bond donors (Lipinski definition) is 1. The first-order chi connectivity index (χ1) is 10.2. The zero-order valence-corrected chi connectivity index (χ0v) is 13.3. The van der Waals surface area contributed by atoms with Crippen LogP contribution in [0.2, 0.25) is 0 Å². The lowest BCUT2D eigenvalue weighted by molar-refractivity contribution is 0.415. The lowest BCUT2D eigenvalue weighted by Gasteiger charge is -2.15. The van der Waals surface area contributed by atoms with Gasteiger partial charge in [-0.15, -0.1) is 11.3 Å². The van der Waals surface area contributed by atoms with Crippen LogP contribution in [0.3, 0.4) is 0 Å². The van der Waals surface area contributed by atoms with Gasteiger partial charge in [0.1, 0.15) is 5.75 Å². The quantitative estimate of drug-likeness (QED) is 0.697. The molecule has 0 bridgehead atoms. The Balaban J connectivity index is 1.89. The Morgan fingerprint density at radius 1 is 1.10 bits per heavy atom. The number of ether oxygens (including phenoxy) is 1. The third kappa shape index (κ3) is 2.74. The van der Waals surface area contributed by atoms with Gasteiger partial charge in [-0.05, 0) is 43.0 Å². The summed E-state index contributed by atoms with van der Waals surface area (Å²) in [4.78, 5) is 1.39. The van der Waals surface area contributed by atoms with Crippen molar-refractivity contribution in [1.82, 2.24) is 0 Å². The molecule has 0 saturated heterocycles. The number of nitrogens with one attached hydrogen (secondary N) is 1. The number of benzene rings is 2. The van der Waals surface area contributed by atoms with Crippen molar-refractivity contribution in [2.45, 2.75) is 19.9 Å². The Hall–Kier alpha value is -2.00. The van der Waals surface area contributed by atoms with Crippen molar-refractivity contribution >= 4 is 27.1 Å². The van der Waals surface area contributed by atoms with Gasteiger partial charge in [0.2, 0.25) is 0 Å². The molecule has 1 unspecified atom stereocenters. The van der Waals surface area contributed by atoms with Gasteiger partial charge in [-0.2, -0.15) is 0 Å². The van der Waals surface area contributed by atoms with Crippen LogP contribution in [0.25, 0.3) is 10.1 Å². The van der Waals surface area contributed by atoms with Gasteiger partial charge in [0, 0.05) is 21.3 Å². The molecule has 0 radical (unpaired) electrons. The molecule has 0 aliphatic carbocycles. The molecular formula is C18H19NOS. The van der Waals surface area contributed by atoms with E-state index in [-0.39, 0.29) is 6.04 Å². The molecule has 3 rings (SSSR count). The lowest BCUT2D eigenvalue weighted by atomic mass is 10.1. The third-order valence-corrected chi connectivity index (χ3v) is 5.18. The SMILES string of the molecule is COc1cccc(NC(C)c2sc3ccccc3c2C)c1. The van der Waals surface area contributed by atoms with Crippen LogP contribution >= 0.6 is 11.3 Å². The van der Waals surface area contributed by atoms with Gasteiger partial charge in [-0.25, -0.2) is 0 Å². The third-order valence-electron chi connectivity index (χ3n) is 3.73. The van der Waals surface area contributed by atoms with Crippen LogP contribution in [0.4, 0.5) is 5.69 Å². The highest BCUT2D eigenvalue weighted by atomic mass is 32.1. The molecule has 2 aromatic carbocycles. The predicted octanol–water partition coefficient (Wildman–Crippen LogP) is 5.39. The maximum atomic E-state index is 5.28. The van der Waals surface area contributed by atoms with E-state index in [4.69, 9.17) is 4.74 Å². The molecule has 1 heterocycles. The van der Waals surface area contributed by atoms with Crippen LogP contribution in [-0.4, -0.2) is 7.11 Å². The first-order valence-electron chi connectivity index (χ1n) is 7.07. The molecule has 1 N–H and O–H groups in total. The first-order valence-corrected chi connectivity index (χ1v) is 7.89. The molecular weight excluding hydrogens is 278 g/mol. The molecule has 108 valence electrons. The summed E-state index contributed by atoms with van der Waals surface area (Å²) >= 11 is 1.87.